The minimum atomic E-state index is 0.588. The lowest BCUT2D eigenvalue weighted by Gasteiger charge is -2.18. The molecule has 1 aromatic carbocycles. The summed E-state index contributed by atoms with van der Waals surface area (Å²) in [5.74, 6) is 0. The molecule has 0 radical (unpaired) electrons. The summed E-state index contributed by atoms with van der Waals surface area (Å²) in [7, 11) is 0. The zero-order chi connectivity index (χ0) is 9.10. The predicted molar refractivity (Wildman–Crippen MR) is 50.0 cm³/mol. The van der Waals surface area contributed by atoms with Crippen LogP contribution in [0, 0.1) is 0 Å². The van der Waals surface area contributed by atoms with Crippen LogP contribution in [0.2, 0.25) is 0 Å². The number of hydrogen-bond donors (Lipinski definition) is 0. The monoisotopic (exact) mass is 176 g/mol. The fourth-order valence-electron chi connectivity index (χ4n) is 1.33. The van der Waals surface area contributed by atoms with Crippen molar-refractivity contribution < 1.29 is 4.84 Å². The number of fused-ring (bicyclic) bond motifs is 1. The Labute approximate surface area is 76.9 Å². The standard InChI is InChI=1S/C10H12N2O/c1-2-13-12-7-9-5-3-4-6-10(9)11-8-12/h3-7H,2,8H2,1H3. The third-order valence-electron chi connectivity index (χ3n) is 1.90. The van der Waals surface area contributed by atoms with Gasteiger partial charge in [-0.05, 0) is 13.0 Å². The van der Waals surface area contributed by atoms with Crippen LogP contribution in [0.15, 0.2) is 29.3 Å². The Hall–Kier alpha value is -1.35. The lowest BCUT2D eigenvalue weighted by molar-refractivity contribution is -0.0979. The van der Waals surface area contributed by atoms with Gasteiger partial charge in [-0.1, -0.05) is 18.2 Å². The van der Waals surface area contributed by atoms with Crippen molar-refractivity contribution >= 4 is 6.20 Å². The van der Waals surface area contributed by atoms with Crippen molar-refractivity contribution in [2.24, 2.45) is 4.99 Å². The summed E-state index contributed by atoms with van der Waals surface area (Å²) >= 11 is 0. The zero-order valence-electron chi connectivity index (χ0n) is 7.60. The van der Waals surface area contributed by atoms with Crippen LogP contribution < -0.4 is 10.6 Å². The summed E-state index contributed by atoms with van der Waals surface area (Å²) in [6.07, 6.45) is 1.98. The van der Waals surface area contributed by atoms with Gasteiger partial charge < -0.3 is 0 Å². The van der Waals surface area contributed by atoms with Crippen LogP contribution in [0.5, 0.6) is 0 Å². The largest absolute Gasteiger partial charge is 0.273 e. The Morgan fingerprint density at radius 3 is 3.15 bits per heavy atom. The van der Waals surface area contributed by atoms with E-state index in [4.69, 9.17) is 4.84 Å². The lowest BCUT2D eigenvalue weighted by Crippen LogP contribution is -2.35. The van der Waals surface area contributed by atoms with Gasteiger partial charge in [-0.2, -0.15) is 0 Å². The van der Waals surface area contributed by atoms with Crippen molar-refractivity contribution in [3.63, 3.8) is 0 Å². The smallest absolute Gasteiger partial charge is 0.135 e. The highest BCUT2D eigenvalue weighted by Gasteiger charge is 2.01. The van der Waals surface area contributed by atoms with Crippen molar-refractivity contribution in [2.75, 3.05) is 13.3 Å². The second-order valence-electron chi connectivity index (χ2n) is 2.82. The van der Waals surface area contributed by atoms with Gasteiger partial charge >= 0.3 is 0 Å². The third-order valence-corrected chi connectivity index (χ3v) is 1.90. The summed E-state index contributed by atoms with van der Waals surface area (Å²) < 4.78 is 0. The van der Waals surface area contributed by atoms with Gasteiger partial charge in [-0.3, -0.25) is 9.83 Å². The van der Waals surface area contributed by atoms with Crippen LogP contribution in [-0.2, 0) is 4.84 Å². The van der Waals surface area contributed by atoms with Crippen LogP contribution in [0.3, 0.4) is 0 Å². The number of para-hydroxylation sites is 1. The van der Waals surface area contributed by atoms with E-state index in [1.165, 1.54) is 0 Å². The van der Waals surface area contributed by atoms with Gasteiger partial charge in [-0.15, -0.1) is 0 Å². The summed E-state index contributed by atoms with van der Waals surface area (Å²) in [5.41, 5.74) is 0. The Bertz CT molecular complexity index is 400. The summed E-state index contributed by atoms with van der Waals surface area (Å²) in [6.45, 7) is 3.23. The van der Waals surface area contributed by atoms with E-state index >= 15 is 0 Å². The van der Waals surface area contributed by atoms with Crippen LogP contribution in [0.1, 0.15) is 6.92 Å². The molecular formula is C10H12N2O. The average Bonchev–Trinajstić information content (AvgIpc) is 2.18. The van der Waals surface area contributed by atoms with Gasteiger partial charge in [0.1, 0.15) is 6.67 Å². The normalized spacial score (nSPS) is 14.4. The summed E-state index contributed by atoms with van der Waals surface area (Å²) in [4.78, 5) is 9.69. The molecular weight excluding hydrogens is 164 g/mol. The fourth-order valence-corrected chi connectivity index (χ4v) is 1.33. The van der Waals surface area contributed by atoms with E-state index in [0.717, 1.165) is 10.6 Å². The average molecular weight is 176 g/mol. The van der Waals surface area contributed by atoms with E-state index in [9.17, 15) is 0 Å². The topological polar surface area (TPSA) is 24.8 Å². The molecule has 13 heavy (non-hydrogen) atoms. The number of nitrogens with zero attached hydrogens (tertiary/aromatic N) is 2. The van der Waals surface area contributed by atoms with Crippen molar-refractivity contribution in [3.05, 3.63) is 34.8 Å². The molecule has 2 rings (SSSR count). The molecule has 0 atom stereocenters. The molecule has 0 aromatic heterocycles. The van der Waals surface area contributed by atoms with E-state index in [1.807, 2.05) is 37.4 Å². The minimum Gasteiger partial charge on any atom is -0.273 e. The molecule has 1 aliphatic rings. The molecule has 3 nitrogen and oxygen atoms in total. The maximum atomic E-state index is 5.32. The highest BCUT2D eigenvalue weighted by molar-refractivity contribution is 5.22. The first-order valence-electron chi connectivity index (χ1n) is 4.41. The van der Waals surface area contributed by atoms with Crippen molar-refractivity contribution in [1.82, 2.24) is 5.06 Å². The van der Waals surface area contributed by atoms with Gasteiger partial charge in [0, 0.05) is 11.4 Å². The maximum absolute atomic E-state index is 5.32. The first-order chi connectivity index (χ1) is 6.40. The van der Waals surface area contributed by atoms with Crippen molar-refractivity contribution in [3.8, 4) is 0 Å². The molecule has 0 unspecified atom stereocenters. The van der Waals surface area contributed by atoms with E-state index in [0.29, 0.717) is 13.3 Å². The van der Waals surface area contributed by atoms with E-state index in [2.05, 4.69) is 4.99 Å². The molecule has 0 bridgehead atoms. The van der Waals surface area contributed by atoms with Crippen LogP contribution in [0.4, 0.5) is 0 Å². The minimum absolute atomic E-state index is 0.588. The lowest BCUT2D eigenvalue weighted by atomic mass is 10.3. The highest BCUT2D eigenvalue weighted by atomic mass is 16.7. The molecule has 0 fully saturated rings. The van der Waals surface area contributed by atoms with E-state index in [1.54, 1.807) is 5.06 Å². The van der Waals surface area contributed by atoms with Gasteiger partial charge in [-0.25, -0.2) is 5.06 Å². The van der Waals surface area contributed by atoms with Gasteiger partial charge in [0.25, 0.3) is 0 Å². The summed E-state index contributed by atoms with van der Waals surface area (Å²) in [6, 6.07) is 8.03. The Kier molecular flexibility index (Phi) is 2.27. The predicted octanol–water partition coefficient (Wildman–Crippen LogP) is 0.269. The molecule has 1 heterocycles. The second kappa shape index (κ2) is 3.58. The Balaban J connectivity index is 2.38. The van der Waals surface area contributed by atoms with Gasteiger partial charge in [0.15, 0.2) is 0 Å². The SMILES string of the molecule is CCON1C=c2ccccc2=NC1. The van der Waals surface area contributed by atoms with Crippen LogP contribution in [-0.4, -0.2) is 18.3 Å². The zero-order valence-corrected chi connectivity index (χ0v) is 7.60. The van der Waals surface area contributed by atoms with Crippen molar-refractivity contribution in [1.29, 1.82) is 0 Å². The molecule has 0 saturated heterocycles. The van der Waals surface area contributed by atoms with E-state index < -0.39 is 0 Å². The van der Waals surface area contributed by atoms with Gasteiger partial charge in [0.2, 0.25) is 0 Å². The molecule has 3 heteroatoms. The van der Waals surface area contributed by atoms with Crippen LogP contribution in [0.25, 0.3) is 6.20 Å². The number of hydroxylamine groups is 2. The fraction of sp³-hybridized carbons (Fsp3) is 0.300. The molecule has 1 aliphatic heterocycles. The highest BCUT2D eigenvalue weighted by Crippen LogP contribution is 1.93. The number of benzene rings is 1. The Morgan fingerprint density at radius 1 is 1.46 bits per heavy atom. The van der Waals surface area contributed by atoms with Gasteiger partial charge in [0.05, 0.1) is 12.0 Å². The molecule has 68 valence electrons. The molecule has 1 aromatic rings. The number of hydrogen-bond acceptors (Lipinski definition) is 3. The quantitative estimate of drug-likeness (QED) is 0.646. The maximum Gasteiger partial charge on any atom is 0.135 e. The van der Waals surface area contributed by atoms with Crippen LogP contribution >= 0.6 is 0 Å². The summed E-state index contributed by atoms with van der Waals surface area (Å²) in [5, 5.41) is 3.91. The molecule has 0 saturated carbocycles. The van der Waals surface area contributed by atoms with Crippen molar-refractivity contribution in [2.45, 2.75) is 6.92 Å². The Morgan fingerprint density at radius 2 is 2.31 bits per heavy atom. The second-order valence-corrected chi connectivity index (χ2v) is 2.82. The molecule has 0 N–H and O–H groups in total. The molecule has 0 aliphatic carbocycles. The first-order valence-corrected chi connectivity index (χ1v) is 4.41. The van der Waals surface area contributed by atoms with E-state index in [-0.39, 0.29) is 0 Å². The first kappa shape index (κ1) is 8.26. The third kappa shape index (κ3) is 1.70. The molecule has 0 amide bonds. The number of rotatable bonds is 2. The molecule has 0 spiro atoms.